The number of hydrogen-bond acceptors (Lipinski definition) is 9. The third-order valence-corrected chi connectivity index (χ3v) is 8.00. The molecule has 0 radical (unpaired) electrons. The number of ether oxygens (including phenoxy) is 1. The quantitative estimate of drug-likeness (QED) is 0.103. The molecular formula is C27H51N6O5P. The molecule has 0 aliphatic heterocycles. The first-order chi connectivity index (χ1) is 18.7. The van der Waals surface area contributed by atoms with E-state index in [1.54, 1.807) is 17.8 Å². The Kier molecular flexibility index (Phi) is 16.1. The molecular weight excluding hydrogens is 519 g/mol. The summed E-state index contributed by atoms with van der Waals surface area (Å²) in [6.07, 6.45) is 18.2. The van der Waals surface area contributed by atoms with Gasteiger partial charge in [0.05, 0.1) is 37.7 Å². The Bertz CT molecular complexity index is 977. The summed E-state index contributed by atoms with van der Waals surface area (Å²) in [6, 6.07) is -0.734. The predicted molar refractivity (Wildman–Crippen MR) is 155 cm³/mol. The van der Waals surface area contributed by atoms with Crippen molar-refractivity contribution in [3.8, 4) is 0 Å². The molecule has 39 heavy (non-hydrogen) atoms. The number of aliphatic hydroxyl groups excluding tert-OH is 1. The van der Waals surface area contributed by atoms with E-state index in [0.29, 0.717) is 24.1 Å². The van der Waals surface area contributed by atoms with Gasteiger partial charge >= 0.3 is 7.60 Å². The Balaban J connectivity index is 1.52. The molecule has 0 fully saturated rings. The summed E-state index contributed by atoms with van der Waals surface area (Å²) in [7, 11) is -4.03. The van der Waals surface area contributed by atoms with Crippen molar-refractivity contribution < 1.29 is 23.8 Å². The maximum Gasteiger partial charge on any atom is 0.353 e. The van der Waals surface area contributed by atoms with Crippen molar-refractivity contribution in [3.63, 3.8) is 0 Å². The molecule has 0 amide bonds. The van der Waals surface area contributed by atoms with E-state index in [-0.39, 0.29) is 12.4 Å². The maximum atomic E-state index is 12.4. The van der Waals surface area contributed by atoms with Crippen molar-refractivity contribution in [2.24, 2.45) is 5.73 Å². The van der Waals surface area contributed by atoms with E-state index >= 15 is 0 Å². The molecule has 6 N–H and O–H groups in total. The first-order valence-electron chi connectivity index (χ1n) is 14.7. The number of imidazole rings is 1. The van der Waals surface area contributed by atoms with Crippen LogP contribution in [0.25, 0.3) is 11.2 Å². The van der Waals surface area contributed by atoms with Crippen LogP contribution in [0.2, 0.25) is 0 Å². The molecule has 4 unspecified atom stereocenters. The van der Waals surface area contributed by atoms with Crippen molar-refractivity contribution >= 4 is 24.6 Å². The maximum absolute atomic E-state index is 12.4. The summed E-state index contributed by atoms with van der Waals surface area (Å²) >= 11 is 0. The van der Waals surface area contributed by atoms with Crippen LogP contribution in [0.4, 0.5) is 5.82 Å². The van der Waals surface area contributed by atoms with Gasteiger partial charge in [0, 0.05) is 0 Å². The van der Waals surface area contributed by atoms with Crippen LogP contribution in [-0.2, 0) is 20.4 Å². The summed E-state index contributed by atoms with van der Waals surface area (Å²) in [5.41, 5.74) is 12.9. The lowest BCUT2D eigenvalue weighted by Crippen LogP contribution is -2.38. The van der Waals surface area contributed by atoms with Crippen LogP contribution in [0.5, 0.6) is 0 Å². The van der Waals surface area contributed by atoms with Gasteiger partial charge in [0.2, 0.25) is 0 Å². The van der Waals surface area contributed by atoms with Crippen LogP contribution in [-0.4, -0.2) is 60.7 Å². The highest BCUT2D eigenvalue weighted by molar-refractivity contribution is 7.52. The Morgan fingerprint density at radius 2 is 1.56 bits per heavy atom. The molecule has 11 nitrogen and oxygen atoms in total. The molecule has 2 heterocycles. The molecule has 0 aliphatic rings. The van der Waals surface area contributed by atoms with E-state index in [2.05, 4.69) is 21.9 Å². The molecule has 4 atom stereocenters. The van der Waals surface area contributed by atoms with E-state index in [1.165, 1.54) is 70.5 Å². The normalized spacial score (nSPS) is 15.8. The fourth-order valence-corrected chi connectivity index (χ4v) is 5.44. The van der Waals surface area contributed by atoms with Gasteiger partial charge in [0.1, 0.15) is 18.2 Å². The van der Waals surface area contributed by atoms with Gasteiger partial charge in [-0.1, -0.05) is 90.4 Å². The Labute approximate surface area is 233 Å². The molecule has 2 aromatic heterocycles. The standard InChI is InChI=1S/C27H51N6O5P/c1-3-4-5-6-7-8-9-10-11-12-13-14-15-16-24(34)23(28)18-38-39(35,36)21-37-22(2)17-33-20-32-25-26(29)30-19-31-27(25)33/h19-20,22-24,34H,3-18,21,28H2,1-2H3,(H,35,36)(H2,29,30,31). The first-order valence-corrected chi connectivity index (χ1v) is 16.4. The number of aromatic nitrogens is 4. The van der Waals surface area contributed by atoms with Crippen molar-refractivity contribution in [2.45, 2.75) is 129 Å². The van der Waals surface area contributed by atoms with E-state index in [4.69, 9.17) is 20.7 Å². The molecule has 0 spiro atoms. The lowest BCUT2D eigenvalue weighted by atomic mass is 10.0. The largest absolute Gasteiger partial charge is 0.391 e. The molecule has 0 aromatic carbocycles. The van der Waals surface area contributed by atoms with Crippen LogP contribution in [0.3, 0.4) is 0 Å². The Morgan fingerprint density at radius 3 is 2.18 bits per heavy atom. The summed E-state index contributed by atoms with van der Waals surface area (Å²) < 4.78 is 24.8. The van der Waals surface area contributed by atoms with Crippen molar-refractivity contribution in [1.29, 1.82) is 0 Å². The smallest absolute Gasteiger partial charge is 0.353 e. The van der Waals surface area contributed by atoms with E-state index in [0.717, 1.165) is 19.3 Å². The second-order valence-electron chi connectivity index (χ2n) is 10.6. The van der Waals surface area contributed by atoms with Crippen molar-refractivity contribution in [3.05, 3.63) is 12.7 Å². The van der Waals surface area contributed by atoms with Gasteiger partial charge in [-0.2, -0.15) is 0 Å². The van der Waals surface area contributed by atoms with Crippen LogP contribution in [0.1, 0.15) is 104 Å². The fourth-order valence-electron chi connectivity index (χ4n) is 4.52. The van der Waals surface area contributed by atoms with Gasteiger partial charge in [-0.3, -0.25) is 4.57 Å². The average Bonchev–Trinajstić information content (AvgIpc) is 3.32. The van der Waals surface area contributed by atoms with E-state index in [1.807, 2.05) is 0 Å². The second-order valence-corrected chi connectivity index (χ2v) is 12.4. The van der Waals surface area contributed by atoms with Crippen molar-refractivity contribution in [2.75, 3.05) is 18.7 Å². The summed E-state index contributed by atoms with van der Waals surface area (Å²) in [6.45, 7) is 4.15. The molecule has 0 saturated heterocycles. The number of nitrogens with zero attached hydrogens (tertiary/aromatic N) is 4. The third kappa shape index (κ3) is 13.5. The zero-order valence-corrected chi connectivity index (χ0v) is 24.8. The number of nitrogen functional groups attached to an aromatic ring is 1. The predicted octanol–water partition coefficient (Wildman–Crippen LogP) is 5.14. The topological polar surface area (TPSA) is 172 Å². The monoisotopic (exact) mass is 570 g/mol. The minimum atomic E-state index is -4.03. The van der Waals surface area contributed by atoms with Crippen LogP contribution < -0.4 is 11.5 Å². The van der Waals surface area contributed by atoms with Crippen LogP contribution >= 0.6 is 7.60 Å². The summed E-state index contributed by atoms with van der Waals surface area (Å²) in [5.74, 6) is 0.285. The molecule has 0 bridgehead atoms. The SMILES string of the molecule is CCCCCCCCCCCCCCCC(O)C(N)COP(=O)(O)COC(C)Cn1cnc2c(N)ncnc21. The van der Waals surface area contributed by atoms with Gasteiger partial charge < -0.3 is 35.3 Å². The number of rotatable bonds is 23. The minimum absolute atomic E-state index is 0.215. The number of aliphatic hydroxyl groups is 1. The minimum Gasteiger partial charge on any atom is -0.391 e. The van der Waals surface area contributed by atoms with Gasteiger partial charge in [0.15, 0.2) is 11.5 Å². The number of unbranched alkanes of at least 4 members (excludes halogenated alkanes) is 12. The highest BCUT2D eigenvalue weighted by Gasteiger charge is 2.25. The number of hydrogen-bond donors (Lipinski definition) is 4. The Hall–Kier alpha value is -1.62. The van der Waals surface area contributed by atoms with E-state index in [9.17, 15) is 14.6 Å². The highest BCUT2D eigenvalue weighted by atomic mass is 31.2. The van der Waals surface area contributed by atoms with Gasteiger partial charge in [-0.25, -0.2) is 15.0 Å². The molecule has 2 rings (SSSR count). The molecule has 0 aliphatic carbocycles. The summed E-state index contributed by atoms with van der Waals surface area (Å²) in [4.78, 5) is 22.4. The van der Waals surface area contributed by atoms with E-state index < -0.39 is 32.2 Å². The van der Waals surface area contributed by atoms with Crippen LogP contribution in [0, 0.1) is 0 Å². The Morgan fingerprint density at radius 1 is 0.974 bits per heavy atom. The lowest BCUT2D eigenvalue weighted by Gasteiger charge is -2.21. The zero-order chi connectivity index (χ0) is 28.5. The molecule has 224 valence electrons. The fraction of sp³-hybridized carbons (Fsp3) is 0.815. The lowest BCUT2D eigenvalue weighted by molar-refractivity contribution is 0.0643. The van der Waals surface area contributed by atoms with Gasteiger partial charge in [-0.05, 0) is 13.3 Å². The number of fused-ring (bicyclic) bond motifs is 1. The molecule has 2 aromatic rings. The number of nitrogens with two attached hydrogens (primary N) is 2. The first kappa shape index (κ1) is 33.6. The zero-order valence-electron chi connectivity index (χ0n) is 23.9. The number of anilines is 1. The molecule has 12 heteroatoms. The molecule has 0 saturated carbocycles. The third-order valence-electron chi connectivity index (χ3n) is 6.97. The van der Waals surface area contributed by atoms with Crippen molar-refractivity contribution in [1.82, 2.24) is 19.5 Å². The van der Waals surface area contributed by atoms with Crippen LogP contribution in [0.15, 0.2) is 12.7 Å². The summed E-state index contributed by atoms with van der Waals surface area (Å²) in [5, 5.41) is 10.3. The second kappa shape index (κ2) is 18.7. The highest BCUT2D eigenvalue weighted by Crippen LogP contribution is 2.42. The van der Waals surface area contributed by atoms with Gasteiger partial charge in [-0.15, -0.1) is 0 Å². The average molecular weight is 571 g/mol. The van der Waals surface area contributed by atoms with Gasteiger partial charge in [0.25, 0.3) is 0 Å².